The number of hydrogen-bond acceptors (Lipinski definition) is 3. The SMILES string of the molecule is Cc1cc(COc2c(Br)cccc2Br)oc1C(=O)O. The van der Waals surface area contributed by atoms with Crippen LogP contribution in [0.2, 0.25) is 0 Å². The maximum Gasteiger partial charge on any atom is 0.372 e. The van der Waals surface area contributed by atoms with Gasteiger partial charge in [-0.25, -0.2) is 4.79 Å². The highest BCUT2D eigenvalue weighted by Gasteiger charge is 2.15. The topological polar surface area (TPSA) is 59.7 Å². The number of aryl methyl sites for hydroxylation is 1. The lowest BCUT2D eigenvalue weighted by molar-refractivity contribution is 0.0657. The van der Waals surface area contributed by atoms with Gasteiger partial charge in [-0.15, -0.1) is 0 Å². The summed E-state index contributed by atoms with van der Waals surface area (Å²) in [5.74, 6) is -0.0124. The van der Waals surface area contributed by atoms with Crippen LogP contribution in [0.5, 0.6) is 5.75 Å². The second-order valence-electron chi connectivity index (χ2n) is 3.87. The summed E-state index contributed by atoms with van der Waals surface area (Å²) >= 11 is 6.77. The van der Waals surface area contributed by atoms with Crippen molar-refractivity contribution in [3.8, 4) is 5.75 Å². The van der Waals surface area contributed by atoms with Crippen molar-refractivity contribution in [2.45, 2.75) is 13.5 Å². The molecule has 0 saturated carbocycles. The molecule has 6 heteroatoms. The molecule has 0 aliphatic heterocycles. The third kappa shape index (κ3) is 3.19. The van der Waals surface area contributed by atoms with Gasteiger partial charge in [0.15, 0.2) is 0 Å². The van der Waals surface area contributed by atoms with Gasteiger partial charge in [-0.05, 0) is 57.0 Å². The van der Waals surface area contributed by atoms with Crippen molar-refractivity contribution in [1.82, 2.24) is 0 Å². The van der Waals surface area contributed by atoms with E-state index in [0.717, 1.165) is 8.95 Å². The van der Waals surface area contributed by atoms with Crippen LogP contribution in [0, 0.1) is 6.92 Å². The van der Waals surface area contributed by atoms with Crippen LogP contribution in [0.1, 0.15) is 21.9 Å². The van der Waals surface area contributed by atoms with Crippen molar-refractivity contribution in [3.05, 3.63) is 50.3 Å². The Labute approximate surface area is 126 Å². The summed E-state index contributed by atoms with van der Waals surface area (Å²) in [5.41, 5.74) is 0.581. The molecule has 1 heterocycles. The molecule has 1 N–H and O–H groups in total. The zero-order chi connectivity index (χ0) is 14.0. The maximum atomic E-state index is 10.9. The average Bonchev–Trinajstić information content (AvgIpc) is 2.70. The number of aromatic carboxylic acids is 1. The van der Waals surface area contributed by atoms with E-state index in [2.05, 4.69) is 31.9 Å². The van der Waals surface area contributed by atoms with Crippen molar-refractivity contribution in [3.63, 3.8) is 0 Å². The van der Waals surface area contributed by atoms with Crippen LogP contribution in [0.15, 0.2) is 37.6 Å². The molecule has 0 unspecified atom stereocenters. The van der Waals surface area contributed by atoms with Crippen molar-refractivity contribution in [1.29, 1.82) is 0 Å². The van der Waals surface area contributed by atoms with Crippen LogP contribution >= 0.6 is 31.9 Å². The Balaban J connectivity index is 2.15. The number of furan rings is 1. The molecular formula is C13H10Br2O4. The van der Waals surface area contributed by atoms with Gasteiger partial charge in [0.05, 0.1) is 8.95 Å². The highest BCUT2D eigenvalue weighted by Crippen LogP contribution is 2.33. The van der Waals surface area contributed by atoms with E-state index in [1.165, 1.54) is 0 Å². The normalized spacial score (nSPS) is 10.5. The predicted molar refractivity (Wildman–Crippen MR) is 76.6 cm³/mol. The minimum absolute atomic E-state index is 0.0511. The summed E-state index contributed by atoms with van der Waals surface area (Å²) in [5, 5.41) is 8.90. The first kappa shape index (κ1) is 14.1. The van der Waals surface area contributed by atoms with Crippen LogP contribution in [-0.2, 0) is 6.61 Å². The van der Waals surface area contributed by atoms with Gasteiger partial charge in [-0.1, -0.05) is 6.07 Å². The maximum absolute atomic E-state index is 10.9. The summed E-state index contributed by atoms with van der Waals surface area (Å²) in [6, 6.07) is 7.25. The highest BCUT2D eigenvalue weighted by molar-refractivity contribution is 9.11. The second kappa shape index (κ2) is 5.79. The van der Waals surface area contributed by atoms with Gasteiger partial charge in [-0.3, -0.25) is 0 Å². The smallest absolute Gasteiger partial charge is 0.372 e. The number of para-hydroxylation sites is 1. The molecule has 0 bridgehead atoms. The second-order valence-corrected chi connectivity index (χ2v) is 5.58. The van der Waals surface area contributed by atoms with E-state index >= 15 is 0 Å². The number of benzene rings is 1. The lowest BCUT2D eigenvalue weighted by Crippen LogP contribution is -1.96. The Bertz CT molecular complexity index is 599. The minimum Gasteiger partial charge on any atom is -0.483 e. The molecule has 0 saturated heterocycles. The van der Waals surface area contributed by atoms with Crippen LogP contribution in [-0.4, -0.2) is 11.1 Å². The van der Waals surface area contributed by atoms with Crippen LogP contribution in [0.3, 0.4) is 0 Å². The fourth-order valence-electron chi connectivity index (χ4n) is 1.60. The summed E-state index contributed by atoms with van der Waals surface area (Å²) in [6.45, 7) is 1.85. The van der Waals surface area contributed by atoms with E-state index in [4.69, 9.17) is 14.3 Å². The van der Waals surface area contributed by atoms with E-state index in [9.17, 15) is 4.79 Å². The first-order valence-corrected chi connectivity index (χ1v) is 6.97. The lowest BCUT2D eigenvalue weighted by atomic mass is 10.3. The number of ether oxygens (including phenoxy) is 1. The van der Waals surface area contributed by atoms with Gasteiger partial charge in [-0.2, -0.15) is 0 Å². The third-order valence-electron chi connectivity index (χ3n) is 2.44. The minimum atomic E-state index is -1.08. The summed E-state index contributed by atoms with van der Waals surface area (Å²) in [4.78, 5) is 10.9. The first-order valence-electron chi connectivity index (χ1n) is 5.38. The Morgan fingerprint density at radius 1 is 1.37 bits per heavy atom. The van der Waals surface area contributed by atoms with Gasteiger partial charge in [0.1, 0.15) is 18.1 Å². The van der Waals surface area contributed by atoms with Crippen molar-refractivity contribution in [2.24, 2.45) is 0 Å². The van der Waals surface area contributed by atoms with Gasteiger partial charge in [0.25, 0.3) is 0 Å². The van der Waals surface area contributed by atoms with Crippen molar-refractivity contribution < 1.29 is 19.1 Å². The monoisotopic (exact) mass is 388 g/mol. The zero-order valence-corrected chi connectivity index (χ0v) is 13.1. The molecule has 0 atom stereocenters. The van der Waals surface area contributed by atoms with Gasteiger partial charge in [0, 0.05) is 5.56 Å². The quantitative estimate of drug-likeness (QED) is 0.842. The number of carboxylic acid groups (broad SMARTS) is 1. The van der Waals surface area contributed by atoms with E-state index < -0.39 is 5.97 Å². The number of halogens is 2. The number of hydrogen-bond donors (Lipinski definition) is 1. The largest absolute Gasteiger partial charge is 0.483 e. The molecule has 1 aromatic carbocycles. The lowest BCUT2D eigenvalue weighted by Gasteiger charge is -2.08. The fourth-order valence-corrected chi connectivity index (χ4v) is 2.82. The third-order valence-corrected chi connectivity index (χ3v) is 3.69. The Morgan fingerprint density at radius 2 is 2.00 bits per heavy atom. The molecule has 19 heavy (non-hydrogen) atoms. The fraction of sp³-hybridized carbons (Fsp3) is 0.154. The predicted octanol–water partition coefficient (Wildman–Crippen LogP) is 4.39. The molecule has 0 aliphatic carbocycles. The molecule has 100 valence electrons. The van der Waals surface area contributed by atoms with Gasteiger partial charge < -0.3 is 14.3 Å². The van der Waals surface area contributed by atoms with Crippen LogP contribution in [0.4, 0.5) is 0 Å². The molecule has 4 nitrogen and oxygen atoms in total. The zero-order valence-electron chi connectivity index (χ0n) is 9.94. The standard InChI is InChI=1S/C13H10Br2O4/c1-7-5-8(19-11(7)13(16)17)6-18-12-9(14)3-2-4-10(12)15/h2-5H,6H2,1H3,(H,16,17). The Kier molecular flexibility index (Phi) is 4.31. The Hall–Kier alpha value is -1.27. The molecular weight excluding hydrogens is 380 g/mol. The van der Waals surface area contributed by atoms with Crippen molar-refractivity contribution >= 4 is 37.8 Å². The van der Waals surface area contributed by atoms with Crippen LogP contribution < -0.4 is 4.74 Å². The number of rotatable bonds is 4. The number of carbonyl (C=O) groups is 1. The molecule has 1 aromatic heterocycles. The number of carboxylic acids is 1. The molecule has 0 spiro atoms. The van der Waals surface area contributed by atoms with E-state index in [-0.39, 0.29) is 12.4 Å². The summed E-state index contributed by atoms with van der Waals surface area (Å²) < 4.78 is 12.5. The molecule has 2 aromatic rings. The van der Waals surface area contributed by atoms with Gasteiger partial charge in [0.2, 0.25) is 5.76 Å². The molecule has 0 amide bonds. The average molecular weight is 390 g/mol. The summed E-state index contributed by atoms with van der Waals surface area (Å²) in [6.07, 6.45) is 0. The molecule has 0 aliphatic rings. The van der Waals surface area contributed by atoms with E-state index in [0.29, 0.717) is 17.1 Å². The van der Waals surface area contributed by atoms with Crippen LogP contribution in [0.25, 0.3) is 0 Å². The van der Waals surface area contributed by atoms with Gasteiger partial charge >= 0.3 is 5.97 Å². The first-order chi connectivity index (χ1) is 8.99. The molecule has 0 radical (unpaired) electrons. The molecule has 0 fully saturated rings. The molecule has 2 rings (SSSR count). The van der Waals surface area contributed by atoms with E-state index in [1.807, 2.05) is 18.2 Å². The van der Waals surface area contributed by atoms with E-state index in [1.54, 1.807) is 13.0 Å². The highest BCUT2D eigenvalue weighted by atomic mass is 79.9. The van der Waals surface area contributed by atoms with Crippen molar-refractivity contribution in [2.75, 3.05) is 0 Å². The summed E-state index contributed by atoms with van der Waals surface area (Å²) in [7, 11) is 0. The Morgan fingerprint density at radius 3 is 2.53 bits per heavy atom.